The van der Waals surface area contributed by atoms with Gasteiger partial charge in [0.2, 0.25) is 0 Å². The lowest BCUT2D eigenvalue weighted by Gasteiger charge is -2.22. The summed E-state index contributed by atoms with van der Waals surface area (Å²) >= 11 is 3.44. The van der Waals surface area contributed by atoms with E-state index in [9.17, 15) is 9.59 Å². The lowest BCUT2D eigenvalue weighted by Crippen LogP contribution is -2.23. The molecule has 0 saturated heterocycles. The van der Waals surface area contributed by atoms with Crippen molar-refractivity contribution in [2.24, 2.45) is 0 Å². The third-order valence-electron chi connectivity index (χ3n) is 4.52. The third-order valence-corrected chi connectivity index (χ3v) is 5.15. The van der Waals surface area contributed by atoms with Crippen molar-refractivity contribution in [1.29, 1.82) is 0 Å². The molecule has 5 heteroatoms. The van der Waals surface area contributed by atoms with Crippen LogP contribution in [0.2, 0.25) is 0 Å². The highest BCUT2D eigenvalue weighted by Gasteiger charge is 2.34. The van der Waals surface area contributed by atoms with Crippen LogP contribution in [0.15, 0.2) is 59.1 Å². The summed E-state index contributed by atoms with van der Waals surface area (Å²) < 4.78 is 0.546. The van der Waals surface area contributed by atoms with Crippen molar-refractivity contribution in [1.82, 2.24) is 0 Å². The van der Waals surface area contributed by atoms with Gasteiger partial charge in [0.15, 0.2) is 11.6 Å². The molecule has 0 spiro atoms. The molecule has 1 aliphatic rings. The van der Waals surface area contributed by atoms with E-state index in [2.05, 4.69) is 21.2 Å². The van der Waals surface area contributed by atoms with E-state index in [0.717, 1.165) is 11.3 Å². The topological polar surface area (TPSA) is 72.2 Å². The minimum Gasteiger partial charge on any atom is -0.396 e. The van der Waals surface area contributed by atoms with E-state index >= 15 is 0 Å². The van der Waals surface area contributed by atoms with Crippen LogP contribution in [0.4, 0.5) is 17.1 Å². The van der Waals surface area contributed by atoms with Crippen molar-refractivity contribution in [3.8, 4) is 0 Å². The molecular weight excluding hydrogens is 392 g/mol. The largest absolute Gasteiger partial charge is 0.396 e. The van der Waals surface area contributed by atoms with E-state index in [0.29, 0.717) is 26.9 Å². The van der Waals surface area contributed by atoms with Crippen molar-refractivity contribution in [2.45, 2.75) is 6.92 Å². The molecule has 0 saturated carbocycles. The molecule has 3 N–H and O–H groups in total. The lowest BCUT2D eigenvalue weighted by molar-refractivity contribution is 0.0979. The van der Waals surface area contributed by atoms with Crippen LogP contribution in [-0.4, -0.2) is 11.6 Å². The monoisotopic (exact) mass is 406 g/mol. The number of halogens is 1. The number of hydrogen-bond acceptors (Lipinski definition) is 4. The Hall–Kier alpha value is -2.92. The van der Waals surface area contributed by atoms with Gasteiger partial charge in [-0.05, 0) is 41.1 Å². The van der Waals surface area contributed by atoms with Crippen molar-refractivity contribution in [3.63, 3.8) is 0 Å². The zero-order chi connectivity index (χ0) is 18.4. The second kappa shape index (κ2) is 6.11. The van der Waals surface area contributed by atoms with Gasteiger partial charge in [-0.25, -0.2) is 0 Å². The van der Waals surface area contributed by atoms with Gasteiger partial charge in [0.25, 0.3) is 0 Å². The van der Waals surface area contributed by atoms with Gasteiger partial charge < -0.3 is 11.1 Å². The summed E-state index contributed by atoms with van der Waals surface area (Å²) in [6.07, 6.45) is 0. The number of nitrogens with two attached hydrogens (primary N) is 1. The maximum absolute atomic E-state index is 13.0. The molecule has 4 nitrogen and oxygen atoms in total. The van der Waals surface area contributed by atoms with Crippen LogP contribution in [0.25, 0.3) is 0 Å². The minimum atomic E-state index is -0.235. The highest BCUT2D eigenvalue weighted by Crippen LogP contribution is 2.40. The van der Waals surface area contributed by atoms with E-state index in [4.69, 9.17) is 5.73 Å². The fourth-order valence-electron chi connectivity index (χ4n) is 3.17. The Morgan fingerprint density at radius 3 is 2.08 bits per heavy atom. The third kappa shape index (κ3) is 2.52. The van der Waals surface area contributed by atoms with Crippen LogP contribution in [0.3, 0.4) is 0 Å². The van der Waals surface area contributed by atoms with Gasteiger partial charge in [-0.3, -0.25) is 9.59 Å². The summed E-state index contributed by atoms with van der Waals surface area (Å²) in [5.41, 5.74) is 10.5. The molecule has 0 bridgehead atoms. The first-order valence-electron chi connectivity index (χ1n) is 8.11. The molecule has 0 fully saturated rings. The smallest absolute Gasteiger partial charge is 0.196 e. The van der Waals surface area contributed by atoms with Crippen molar-refractivity contribution >= 4 is 44.6 Å². The van der Waals surface area contributed by atoms with Gasteiger partial charge in [0.05, 0.1) is 22.5 Å². The number of rotatable bonds is 2. The Labute approximate surface area is 159 Å². The number of nitrogen functional groups attached to an aromatic ring is 1. The number of benzene rings is 3. The molecule has 0 atom stereocenters. The summed E-state index contributed by atoms with van der Waals surface area (Å²) in [6.45, 7) is 2.01. The Morgan fingerprint density at radius 2 is 1.46 bits per heavy atom. The van der Waals surface area contributed by atoms with Crippen LogP contribution in [0.5, 0.6) is 0 Å². The molecular formula is C21H15BrN2O2. The number of carbonyl (C=O) groups is 2. The Bertz CT molecular complexity index is 1070. The molecule has 128 valence electrons. The Kier molecular flexibility index (Phi) is 3.89. The van der Waals surface area contributed by atoms with E-state index in [-0.39, 0.29) is 22.8 Å². The first-order chi connectivity index (χ1) is 12.5. The van der Waals surface area contributed by atoms with Crippen molar-refractivity contribution in [2.75, 3.05) is 11.1 Å². The van der Waals surface area contributed by atoms with Gasteiger partial charge >= 0.3 is 0 Å². The van der Waals surface area contributed by atoms with Gasteiger partial charge in [0, 0.05) is 21.3 Å². The summed E-state index contributed by atoms with van der Waals surface area (Å²) in [6, 6.07) is 16.4. The number of aryl methyl sites for hydroxylation is 1. The average Bonchev–Trinajstić information content (AvgIpc) is 2.64. The number of carbonyl (C=O) groups excluding carboxylic acids is 2. The minimum absolute atomic E-state index is 0.198. The highest BCUT2D eigenvalue weighted by atomic mass is 79.9. The number of nitrogens with one attached hydrogen (secondary N) is 1. The number of anilines is 3. The maximum atomic E-state index is 13.0. The van der Waals surface area contributed by atoms with Gasteiger partial charge in [-0.15, -0.1) is 0 Å². The number of fused-ring (bicyclic) bond motifs is 2. The summed E-state index contributed by atoms with van der Waals surface area (Å²) in [5, 5.41) is 3.23. The van der Waals surface area contributed by atoms with Crippen molar-refractivity contribution < 1.29 is 9.59 Å². The molecule has 0 aromatic heterocycles. The standard InChI is InChI=1S/C21H15BrN2O2/c1-11-6-8-12(9-7-11)24-16-10-15(22)17-18(19(16)23)21(26)14-5-3-2-4-13(14)20(17)25/h2-10,24H,23H2,1H3. The molecule has 1 aliphatic carbocycles. The van der Waals surface area contributed by atoms with E-state index in [1.165, 1.54) is 0 Å². The molecule has 0 radical (unpaired) electrons. The number of hydrogen-bond donors (Lipinski definition) is 2. The molecule has 4 rings (SSSR count). The molecule has 26 heavy (non-hydrogen) atoms. The second-order valence-corrected chi connectivity index (χ2v) is 7.12. The first-order valence-corrected chi connectivity index (χ1v) is 8.90. The number of ketones is 2. The molecule has 0 aliphatic heterocycles. The van der Waals surface area contributed by atoms with Crippen molar-refractivity contribution in [3.05, 3.63) is 86.9 Å². The molecule has 0 amide bonds. The van der Waals surface area contributed by atoms with Crippen LogP contribution in [0, 0.1) is 6.92 Å². The molecule has 3 aromatic rings. The van der Waals surface area contributed by atoms with Crippen LogP contribution >= 0.6 is 15.9 Å². The van der Waals surface area contributed by atoms with E-state index < -0.39 is 0 Å². The second-order valence-electron chi connectivity index (χ2n) is 6.26. The predicted molar refractivity (Wildman–Crippen MR) is 106 cm³/mol. The lowest BCUT2D eigenvalue weighted by atomic mass is 9.83. The SMILES string of the molecule is Cc1ccc(Nc2cc(Br)c3c(c2N)C(=O)c2ccccc2C3=O)cc1. The Balaban J connectivity index is 1.87. The van der Waals surface area contributed by atoms with E-state index in [1.807, 2.05) is 31.2 Å². The van der Waals surface area contributed by atoms with Gasteiger partial charge in [-0.2, -0.15) is 0 Å². The first kappa shape index (κ1) is 16.5. The fraction of sp³-hybridized carbons (Fsp3) is 0.0476. The maximum Gasteiger partial charge on any atom is 0.196 e. The summed E-state index contributed by atoms with van der Waals surface area (Å²) in [4.78, 5) is 25.9. The van der Waals surface area contributed by atoms with Gasteiger partial charge in [0.1, 0.15) is 0 Å². The zero-order valence-corrected chi connectivity index (χ0v) is 15.6. The molecule has 0 heterocycles. The van der Waals surface area contributed by atoms with E-state index in [1.54, 1.807) is 30.3 Å². The molecule has 0 unspecified atom stereocenters. The fourth-order valence-corrected chi connectivity index (χ4v) is 3.77. The van der Waals surface area contributed by atoms with Gasteiger partial charge in [-0.1, -0.05) is 42.0 Å². The molecule has 3 aromatic carbocycles. The quantitative estimate of drug-likeness (QED) is 0.466. The predicted octanol–water partition coefficient (Wildman–Crippen LogP) is 4.86. The normalized spacial score (nSPS) is 12.5. The van der Waals surface area contributed by atoms with Crippen LogP contribution in [0.1, 0.15) is 37.4 Å². The Morgan fingerprint density at radius 1 is 0.885 bits per heavy atom. The van der Waals surface area contributed by atoms with Crippen LogP contribution in [-0.2, 0) is 0 Å². The zero-order valence-electron chi connectivity index (χ0n) is 14.0. The summed E-state index contributed by atoms with van der Waals surface area (Å²) in [5.74, 6) is -0.434. The van der Waals surface area contributed by atoms with Crippen LogP contribution < -0.4 is 11.1 Å². The highest BCUT2D eigenvalue weighted by molar-refractivity contribution is 9.10. The summed E-state index contributed by atoms with van der Waals surface area (Å²) in [7, 11) is 0. The average molecular weight is 407 g/mol.